The molecule has 0 aliphatic carbocycles. The highest BCUT2D eigenvalue weighted by atomic mass is 79.9. The molecule has 0 N–H and O–H groups in total. The zero-order valence-electron chi connectivity index (χ0n) is 8.93. The van der Waals surface area contributed by atoms with Gasteiger partial charge in [-0.25, -0.2) is 0 Å². The van der Waals surface area contributed by atoms with E-state index in [-0.39, 0.29) is 12.0 Å². The quantitative estimate of drug-likeness (QED) is 0.797. The average molecular weight is 284 g/mol. The molecule has 1 aromatic carbocycles. The van der Waals surface area contributed by atoms with Crippen LogP contribution in [0.1, 0.15) is 18.1 Å². The van der Waals surface area contributed by atoms with Gasteiger partial charge in [0.15, 0.2) is 0 Å². The van der Waals surface area contributed by atoms with Crippen molar-refractivity contribution in [3.63, 3.8) is 0 Å². The summed E-state index contributed by atoms with van der Waals surface area (Å²) in [7, 11) is 0. The molecule has 4 heteroatoms. The number of hydrogen-bond acceptors (Lipinski definition) is 2. The first-order chi connectivity index (χ1) is 7.81. The topological polar surface area (TPSA) is 29.5 Å². The molecule has 0 radical (unpaired) electrons. The number of amides is 1. The van der Waals surface area contributed by atoms with Crippen LogP contribution in [0.4, 0.5) is 0 Å². The van der Waals surface area contributed by atoms with Gasteiger partial charge >= 0.3 is 0 Å². The first kappa shape index (κ1) is 11.6. The van der Waals surface area contributed by atoms with Crippen molar-refractivity contribution in [2.75, 3.05) is 18.6 Å². The van der Waals surface area contributed by atoms with Gasteiger partial charge < -0.3 is 9.64 Å². The fraction of sp³-hybridized carbons (Fsp3) is 0.417. The van der Waals surface area contributed by atoms with Crippen molar-refractivity contribution in [3.8, 4) is 0 Å². The highest BCUT2D eigenvalue weighted by Gasteiger charge is 2.27. The number of nitrogens with zero attached hydrogens (tertiary/aromatic N) is 1. The second-order valence-electron chi connectivity index (χ2n) is 3.75. The minimum atomic E-state index is 0.0282. The average Bonchev–Trinajstić information content (AvgIpc) is 2.80. The molecule has 0 aromatic heterocycles. The smallest absolute Gasteiger partial charge is 0.225 e. The van der Waals surface area contributed by atoms with Crippen LogP contribution in [-0.2, 0) is 9.53 Å². The Morgan fingerprint density at radius 1 is 1.44 bits per heavy atom. The van der Waals surface area contributed by atoms with Crippen molar-refractivity contribution in [1.29, 1.82) is 0 Å². The molecular weight excluding hydrogens is 270 g/mol. The van der Waals surface area contributed by atoms with Crippen molar-refractivity contribution >= 4 is 21.8 Å². The predicted octanol–water partition coefficient (Wildman–Crippen LogP) is 2.33. The maximum atomic E-state index is 11.6. The fourth-order valence-electron chi connectivity index (χ4n) is 1.77. The van der Waals surface area contributed by atoms with Crippen LogP contribution < -0.4 is 0 Å². The standard InChI is InChI=1S/C12H14BrNO2/c13-7-6-12(15)14-8-11(16-9-14)10-4-2-1-3-5-10/h1-5,11H,6-9H2. The van der Waals surface area contributed by atoms with Gasteiger partial charge in [0.05, 0.1) is 6.54 Å². The van der Waals surface area contributed by atoms with Crippen molar-refractivity contribution in [3.05, 3.63) is 35.9 Å². The molecule has 1 aliphatic heterocycles. The minimum absolute atomic E-state index is 0.0282. The predicted molar refractivity (Wildman–Crippen MR) is 65.3 cm³/mol. The van der Waals surface area contributed by atoms with Gasteiger partial charge in [0, 0.05) is 11.8 Å². The summed E-state index contributed by atoms with van der Waals surface area (Å²) in [5.74, 6) is 0.148. The molecule has 86 valence electrons. The Balaban J connectivity index is 1.96. The van der Waals surface area contributed by atoms with Gasteiger partial charge in [-0.1, -0.05) is 46.3 Å². The van der Waals surface area contributed by atoms with Crippen LogP contribution >= 0.6 is 15.9 Å². The molecule has 1 amide bonds. The Labute approximate surface area is 104 Å². The molecular formula is C12H14BrNO2. The summed E-state index contributed by atoms with van der Waals surface area (Å²) in [5, 5.41) is 0.707. The number of benzene rings is 1. The second-order valence-corrected chi connectivity index (χ2v) is 4.54. The summed E-state index contributed by atoms with van der Waals surface area (Å²) >= 11 is 3.27. The van der Waals surface area contributed by atoms with E-state index in [1.807, 2.05) is 30.3 Å². The lowest BCUT2D eigenvalue weighted by atomic mass is 10.1. The molecule has 1 atom stereocenters. The molecule has 0 spiro atoms. The molecule has 16 heavy (non-hydrogen) atoms. The van der Waals surface area contributed by atoms with E-state index < -0.39 is 0 Å². The van der Waals surface area contributed by atoms with E-state index in [0.717, 1.165) is 5.56 Å². The number of carbonyl (C=O) groups excluding carboxylic acids is 1. The number of halogens is 1. The van der Waals surface area contributed by atoms with E-state index in [0.29, 0.717) is 25.0 Å². The Morgan fingerprint density at radius 3 is 2.88 bits per heavy atom. The monoisotopic (exact) mass is 283 g/mol. The fourth-order valence-corrected chi connectivity index (χ4v) is 2.11. The lowest BCUT2D eigenvalue weighted by Crippen LogP contribution is -2.28. The third kappa shape index (κ3) is 2.62. The summed E-state index contributed by atoms with van der Waals surface area (Å²) in [6, 6.07) is 10.0. The number of alkyl halides is 1. The van der Waals surface area contributed by atoms with Crippen LogP contribution in [0.2, 0.25) is 0 Å². The molecule has 2 rings (SSSR count). The molecule has 1 saturated heterocycles. The van der Waals surface area contributed by atoms with Crippen molar-refractivity contribution in [1.82, 2.24) is 4.90 Å². The summed E-state index contributed by atoms with van der Waals surface area (Å²) in [4.78, 5) is 13.4. The number of carbonyl (C=O) groups is 1. The highest BCUT2D eigenvalue weighted by Crippen LogP contribution is 2.24. The van der Waals surface area contributed by atoms with Gasteiger partial charge in [-0.05, 0) is 5.56 Å². The zero-order valence-corrected chi connectivity index (χ0v) is 10.5. The van der Waals surface area contributed by atoms with E-state index in [1.54, 1.807) is 4.90 Å². The van der Waals surface area contributed by atoms with Gasteiger partial charge in [0.25, 0.3) is 0 Å². The Bertz CT molecular complexity index is 355. The van der Waals surface area contributed by atoms with Crippen molar-refractivity contribution in [2.24, 2.45) is 0 Å². The SMILES string of the molecule is O=C(CCBr)N1COC(c2ccccc2)C1. The Hall–Kier alpha value is -0.870. The van der Waals surface area contributed by atoms with Crippen LogP contribution in [0.3, 0.4) is 0 Å². The van der Waals surface area contributed by atoms with E-state index in [4.69, 9.17) is 4.74 Å². The maximum Gasteiger partial charge on any atom is 0.225 e. The third-order valence-electron chi connectivity index (χ3n) is 2.65. The number of hydrogen-bond donors (Lipinski definition) is 0. The molecule has 1 aromatic rings. The van der Waals surface area contributed by atoms with Gasteiger partial charge in [-0.2, -0.15) is 0 Å². The molecule has 1 unspecified atom stereocenters. The van der Waals surface area contributed by atoms with Gasteiger partial charge in [-0.3, -0.25) is 4.79 Å². The molecule has 1 aliphatic rings. The molecule has 3 nitrogen and oxygen atoms in total. The Morgan fingerprint density at radius 2 is 2.19 bits per heavy atom. The van der Waals surface area contributed by atoms with Crippen molar-refractivity contribution < 1.29 is 9.53 Å². The zero-order chi connectivity index (χ0) is 11.4. The molecule has 0 bridgehead atoms. The van der Waals surface area contributed by atoms with E-state index in [9.17, 15) is 4.79 Å². The lowest BCUT2D eigenvalue weighted by molar-refractivity contribution is -0.131. The first-order valence-corrected chi connectivity index (χ1v) is 6.43. The van der Waals surface area contributed by atoms with Gasteiger partial charge in [0.2, 0.25) is 5.91 Å². The normalized spacial score (nSPS) is 20.1. The number of ether oxygens (including phenoxy) is 1. The second kappa shape index (κ2) is 5.46. The van der Waals surface area contributed by atoms with Crippen LogP contribution in [0, 0.1) is 0 Å². The largest absolute Gasteiger partial charge is 0.351 e. The third-order valence-corrected chi connectivity index (χ3v) is 3.05. The molecule has 0 saturated carbocycles. The van der Waals surface area contributed by atoms with Crippen molar-refractivity contribution in [2.45, 2.75) is 12.5 Å². The van der Waals surface area contributed by atoms with E-state index >= 15 is 0 Å². The molecule has 1 fully saturated rings. The van der Waals surface area contributed by atoms with Crippen LogP contribution in [0.15, 0.2) is 30.3 Å². The highest BCUT2D eigenvalue weighted by molar-refractivity contribution is 9.09. The molecule has 1 heterocycles. The summed E-state index contributed by atoms with van der Waals surface area (Å²) in [6.07, 6.45) is 0.561. The van der Waals surface area contributed by atoms with E-state index in [1.165, 1.54) is 0 Å². The summed E-state index contributed by atoms with van der Waals surface area (Å²) in [6.45, 7) is 1.07. The first-order valence-electron chi connectivity index (χ1n) is 5.31. The van der Waals surface area contributed by atoms with E-state index in [2.05, 4.69) is 15.9 Å². The summed E-state index contributed by atoms with van der Waals surface area (Å²) < 4.78 is 5.61. The minimum Gasteiger partial charge on any atom is -0.351 e. The number of rotatable bonds is 3. The van der Waals surface area contributed by atoms with Gasteiger partial charge in [-0.15, -0.1) is 0 Å². The summed E-state index contributed by atoms with van der Waals surface area (Å²) in [5.41, 5.74) is 1.14. The Kier molecular flexibility index (Phi) is 3.96. The van der Waals surface area contributed by atoms with Crippen LogP contribution in [-0.4, -0.2) is 29.4 Å². The maximum absolute atomic E-state index is 11.6. The van der Waals surface area contributed by atoms with Gasteiger partial charge in [0.1, 0.15) is 12.8 Å². The van der Waals surface area contributed by atoms with Crippen LogP contribution in [0.5, 0.6) is 0 Å². The van der Waals surface area contributed by atoms with Crippen LogP contribution in [0.25, 0.3) is 0 Å². The lowest BCUT2D eigenvalue weighted by Gasteiger charge is -2.13.